The lowest BCUT2D eigenvalue weighted by Crippen LogP contribution is -2.18. The van der Waals surface area contributed by atoms with E-state index in [9.17, 15) is 4.79 Å². The second kappa shape index (κ2) is 5.78. The van der Waals surface area contributed by atoms with E-state index in [0.717, 1.165) is 11.3 Å². The highest BCUT2D eigenvalue weighted by Crippen LogP contribution is 2.29. The minimum absolute atomic E-state index is 0.0527. The van der Waals surface area contributed by atoms with E-state index < -0.39 is 0 Å². The molecule has 3 nitrogen and oxygen atoms in total. The fourth-order valence-electron chi connectivity index (χ4n) is 2.13. The Balaban J connectivity index is 2.30. The molecule has 2 aromatic carbocycles. The number of benzene rings is 2. The van der Waals surface area contributed by atoms with Gasteiger partial charge in [0.05, 0.1) is 10.7 Å². The van der Waals surface area contributed by atoms with Gasteiger partial charge >= 0.3 is 0 Å². The summed E-state index contributed by atoms with van der Waals surface area (Å²) in [6.07, 6.45) is 0. The van der Waals surface area contributed by atoms with Gasteiger partial charge in [-0.2, -0.15) is 0 Å². The van der Waals surface area contributed by atoms with Crippen molar-refractivity contribution >= 4 is 28.9 Å². The molecule has 0 radical (unpaired) electrons. The zero-order chi connectivity index (χ0) is 15.6. The highest BCUT2D eigenvalue weighted by atomic mass is 35.5. The van der Waals surface area contributed by atoms with Gasteiger partial charge in [-0.1, -0.05) is 50.6 Å². The van der Waals surface area contributed by atoms with Crippen LogP contribution in [0.1, 0.15) is 36.7 Å². The molecule has 0 saturated carbocycles. The topological polar surface area (TPSA) is 55.1 Å². The van der Waals surface area contributed by atoms with Crippen molar-refractivity contribution < 1.29 is 4.79 Å². The van der Waals surface area contributed by atoms with Crippen LogP contribution in [0.4, 0.5) is 11.4 Å². The lowest BCUT2D eigenvalue weighted by atomic mass is 9.86. The zero-order valence-electron chi connectivity index (χ0n) is 12.4. The van der Waals surface area contributed by atoms with E-state index in [4.69, 9.17) is 17.3 Å². The van der Waals surface area contributed by atoms with Crippen molar-refractivity contribution in [1.82, 2.24) is 0 Å². The van der Waals surface area contributed by atoms with Crippen molar-refractivity contribution in [2.75, 3.05) is 11.1 Å². The number of para-hydroxylation sites is 1. The Morgan fingerprint density at radius 2 is 1.81 bits per heavy atom. The second-order valence-corrected chi connectivity index (χ2v) is 6.39. The van der Waals surface area contributed by atoms with Gasteiger partial charge in [0.1, 0.15) is 0 Å². The summed E-state index contributed by atoms with van der Waals surface area (Å²) in [6.45, 7) is 6.33. The van der Waals surface area contributed by atoms with Gasteiger partial charge in [-0.05, 0) is 35.2 Å². The molecule has 3 N–H and O–H groups in total. The first-order valence-corrected chi connectivity index (χ1v) is 7.13. The molecule has 2 rings (SSSR count). The number of anilines is 2. The quantitative estimate of drug-likeness (QED) is 0.804. The van der Waals surface area contributed by atoms with Gasteiger partial charge < -0.3 is 11.1 Å². The largest absolute Gasteiger partial charge is 0.398 e. The molecular formula is C17H19ClN2O. The second-order valence-electron chi connectivity index (χ2n) is 5.99. The van der Waals surface area contributed by atoms with Crippen LogP contribution < -0.4 is 11.1 Å². The molecule has 0 aromatic heterocycles. The van der Waals surface area contributed by atoms with Crippen LogP contribution in [0.25, 0.3) is 0 Å². The Morgan fingerprint density at radius 1 is 1.14 bits per heavy atom. The number of carbonyl (C=O) groups is 1. The monoisotopic (exact) mass is 302 g/mol. The smallest absolute Gasteiger partial charge is 0.255 e. The Hall–Kier alpha value is -2.00. The number of nitrogens with two attached hydrogens (primary N) is 1. The molecule has 0 saturated heterocycles. The predicted octanol–water partition coefficient (Wildman–Crippen LogP) is 4.47. The van der Waals surface area contributed by atoms with Crippen molar-refractivity contribution in [2.24, 2.45) is 0 Å². The van der Waals surface area contributed by atoms with Crippen molar-refractivity contribution in [2.45, 2.75) is 26.2 Å². The van der Waals surface area contributed by atoms with Gasteiger partial charge in [0, 0.05) is 11.3 Å². The number of rotatable bonds is 2. The normalized spacial score (nSPS) is 11.2. The summed E-state index contributed by atoms with van der Waals surface area (Å²) in [7, 11) is 0. The van der Waals surface area contributed by atoms with Crippen LogP contribution in [0, 0.1) is 0 Å². The van der Waals surface area contributed by atoms with Crippen LogP contribution in [-0.2, 0) is 5.41 Å². The van der Waals surface area contributed by atoms with E-state index in [2.05, 4.69) is 26.1 Å². The summed E-state index contributed by atoms with van der Waals surface area (Å²) in [6, 6.07) is 12.7. The Kier molecular flexibility index (Phi) is 4.24. The molecule has 1 amide bonds. The molecular weight excluding hydrogens is 284 g/mol. The van der Waals surface area contributed by atoms with Crippen molar-refractivity contribution in [1.29, 1.82) is 0 Å². The van der Waals surface area contributed by atoms with Crippen LogP contribution in [0.2, 0.25) is 5.02 Å². The molecule has 0 aliphatic carbocycles. The fraction of sp³-hybridized carbons (Fsp3) is 0.235. The Labute approximate surface area is 130 Å². The first kappa shape index (κ1) is 15.4. The maximum atomic E-state index is 12.3. The molecule has 0 aliphatic rings. The van der Waals surface area contributed by atoms with Gasteiger partial charge in [-0.15, -0.1) is 0 Å². The van der Waals surface area contributed by atoms with Crippen LogP contribution >= 0.6 is 11.6 Å². The molecule has 110 valence electrons. The number of carbonyl (C=O) groups excluding carboxylic acids is 1. The van der Waals surface area contributed by atoms with E-state index in [-0.39, 0.29) is 11.3 Å². The maximum Gasteiger partial charge on any atom is 0.255 e. The summed E-state index contributed by atoms with van der Waals surface area (Å²) in [5.41, 5.74) is 8.46. The summed E-state index contributed by atoms with van der Waals surface area (Å²) >= 11 is 5.87. The lowest BCUT2D eigenvalue weighted by molar-refractivity contribution is 0.102. The summed E-state index contributed by atoms with van der Waals surface area (Å²) in [5, 5.41) is 3.39. The summed E-state index contributed by atoms with van der Waals surface area (Å²) in [4.78, 5) is 12.3. The average molecular weight is 303 g/mol. The minimum atomic E-state index is -0.199. The third-order valence-corrected chi connectivity index (χ3v) is 3.59. The summed E-state index contributed by atoms with van der Waals surface area (Å²) in [5.74, 6) is -0.199. The highest BCUT2D eigenvalue weighted by Gasteiger charge is 2.19. The molecule has 0 fully saturated rings. The van der Waals surface area contributed by atoms with E-state index in [1.54, 1.807) is 18.2 Å². The van der Waals surface area contributed by atoms with Crippen molar-refractivity contribution in [3.05, 3.63) is 58.6 Å². The first-order valence-electron chi connectivity index (χ1n) is 6.75. The summed E-state index contributed by atoms with van der Waals surface area (Å²) < 4.78 is 0. The third kappa shape index (κ3) is 3.56. The van der Waals surface area contributed by atoms with Crippen molar-refractivity contribution in [3.63, 3.8) is 0 Å². The molecule has 0 spiro atoms. The Bertz CT molecular complexity index is 675. The van der Waals surface area contributed by atoms with Gasteiger partial charge in [-0.3, -0.25) is 4.79 Å². The molecule has 4 heteroatoms. The maximum absolute atomic E-state index is 12.3. The number of hydrogen-bond acceptors (Lipinski definition) is 2. The number of hydrogen-bond donors (Lipinski definition) is 2. The molecule has 2 aromatic rings. The van der Waals surface area contributed by atoms with Crippen LogP contribution in [0.3, 0.4) is 0 Å². The van der Waals surface area contributed by atoms with E-state index in [1.807, 2.05) is 24.3 Å². The van der Waals surface area contributed by atoms with Gasteiger partial charge in [-0.25, -0.2) is 0 Å². The van der Waals surface area contributed by atoms with E-state index >= 15 is 0 Å². The van der Waals surface area contributed by atoms with Crippen molar-refractivity contribution in [3.8, 4) is 0 Å². The van der Waals surface area contributed by atoms with E-state index in [0.29, 0.717) is 16.3 Å². The number of nitrogens with one attached hydrogen (secondary N) is 1. The number of nitrogen functional groups attached to an aromatic ring is 1. The molecule has 0 aliphatic heterocycles. The Morgan fingerprint density at radius 3 is 2.43 bits per heavy atom. The predicted molar refractivity (Wildman–Crippen MR) is 89.0 cm³/mol. The minimum Gasteiger partial charge on any atom is -0.398 e. The molecule has 21 heavy (non-hydrogen) atoms. The number of halogens is 1. The van der Waals surface area contributed by atoms with Crippen LogP contribution in [-0.4, -0.2) is 5.91 Å². The SMILES string of the molecule is CC(C)(C)c1ccccc1NC(=O)c1ccc(Cl)c(N)c1. The zero-order valence-corrected chi connectivity index (χ0v) is 13.2. The molecule has 0 unspecified atom stereocenters. The fourth-order valence-corrected chi connectivity index (χ4v) is 2.24. The molecule has 0 atom stereocenters. The molecule has 0 heterocycles. The first-order chi connectivity index (χ1) is 9.79. The van der Waals surface area contributed by atoms with Crippen LogP contribution in [0.5, 0.6) is 0 Å². The van der Waals surface area contributed by atoms with Crippen LogP contribution in [0.15, 0.2) is 42.5 Å². The van der Waals surface area contributed by atoms with Gasteiger partial charge in [0.15, 0.2) is 0 Å². The van der Waals surface area contributed by atoms with Gasteiger partial charge in [0.25, 0.3) is 5.91 Å². The third-order valence-electron chi connectivity index (χ3n) is 3.24. The molecule has 0 bridgehead atoms. The number of amides is 1. The lowest BCUT2D eigenvalue weighted by Gasteiger charge is -2.23. The highest BCUT2D eigenvalue weighted by molar-refractivity contribution is 6.33. The average Bonchev–Trinajstić information content (AvgIpc) is 2.41. The van der Waals surface area contributed by atoms with Gasteiger partial charge in [0.2, 0.25) is 0 Å². The standard InChI is InChI=1S/C17H19ClN2O/c1-17(2,3)12-6-4-5-7-15(12)20-16(21)11-8-9-13(18)14(19)10-11/h4-10H,19H2,1-3H3,(H,20,21). The van der Waals surface area contributed by atoms with E-state index in [1.165, 1.54) is 0 Å².